The van der Waals surface area contributed by atoms with E-state index in [0.29, 0.717) is 57.7 Å². The topological polar surface area (TPSA) is 210 Å². The number of amides is 2. The number of hydrogen-bond donors (Lipinski definition) is 2. The molecule has 19 heteroatoms. The summed E-state index contributed by atoms with van der Waals surface area (Å²) in [5.74, 6) is -0.826. The molecule has 4 rings (SSSR count). The molecule has 0 spiro atoms. The van der Waals surface area contributed by atoms with E-state index in [1.807, 2.05) is 0 Å². The number of benzene rings is 4. The van der Waals surface area contributed by atoms with Crippen LogP contribution in [0.2, 0.25) is 0 Å². The summed E-state index contributed by atoms with van der Waals surface area (Å²) >= 11 is 5.95. The molecular formula is C36H41N5O10S4. The molecule has 0 saturated heterocycles. The molecule has 0 aliphatic rings. The van der Waals surface area contributed by atoms with Crippen molar-refractivity contribution in [3.05, 3.63) is 84.9 Å². The number of rotatable bonds is 24. The lowest BCUT2D eigenvalue weighted by Crippen LogP contribution is -2.39. The molecule has 0 saturated carbocycles. The second kappa shape index (κ2) is 20.9. The Morgan fingerprint density at radius 2 is 1.15 bits per heavy atom. The number of nitrogens with zero attached hydrogens (tertiary/aromatic N) is 3. The third kappa shape index (κ3) is 11.9. The SMILES string of the molecule is COc1ccc(S(=O)(=O)N(CC(N)=O)c2ccc(N(CC(N)=O)S(=O)(=O)c3ccc(SCCOCCOCCOCCN=C=S)cc3)c3ccccc23)cc1. The van der Waals surface area contributed by atoms with E-state index >= 15 is 0 Å². The minimum atomic E-state index is -4.39. The van der Waals surface area contributed by atoms with Gasteiger partial charge in [0.2, 0.25) is 11.8 Å². The van der Waals surface area contributed by atoms with Crippen LogP contribution in [-0.2, 0) is 43.8 Å². The van der Waals surface area contributed by atoms with Gasteiger partial charge in [0.1, 0.15) is 18.8 Å². The average molecular weight is 832 g/mol. The van der Waals surface area contributed by atoms with Crippen LogP contribution in [0.25, 0.3) is 10.8 Å². The van der Waals surface area contributed by atoms with Gasteiger partial charge in [-0.1, -0.05) is 24.3 Å². The Labute approximate surface area is 329 Å². The van der Waals surface area contributed by atoms with E-state index in [4.69, 9.17) is 30.4 Å². The molecule has 0 radical (unpaired) electrons. The quantitative estimate of drug-likeness (QED) is 0.0450. The zero-order valence-electron chi connectivity index (χ0n) is 29.9. The second-order valence-electron chi connectivity index (χ2n) is 11.4. The van der Waals surface area contributed by atoms with Crippen molar-refractivity contribution in [1.82, 2.24) is 0 Å². The van der Waals surface area contributed by atoms with Crippen LogP contribution in [0.1, 0.15) is 0 Å². The average Bonchev–Trinajstić information content (AvgIpc) is 3.17. The van der Waals surface area contributed by atoms with E-state index in [1.54, 1.807) is 36.4 Å². The van der Waals surface area contributed by atoms with Crippen LogP contribution in [0.4, 0.5) is 11.4 Å². The molecule has 0 heterocycles. The Hall–Kier alpha value is -4.59. The molecule has 4 aromatic carbocycles. The number of thioether (sulfide) groups is 1. The van der Waals surface area contributed by atoms with Crippen molar-refractivity contribution in [2.45, 2.75) is 14.7 Å². The summed E-state index contributed by atoms with van der Waals surface area (Å²) in [4.78, 5) is 28.8. The first kappa shape index (κ1) is 43.1. The number of fused-ring (bicyclic) bond motifs is 1. The Morgan fingerprint density at radius 1 is 0.691 bits per heavy atom. The summed E-state index contributed by atoms with van der Waals surface area (Å²) in [7, 11) is -7.32. The van der Waals surface area contributed by atoms with Gasteiger partial charge >= 0.3 is 0 Å². The van der Waals surface area contributed by atoms with E-state index in [2.05, 4.69) is 22.4 Å². The van der Waals surface area contributed by atoms with Crippen LogP contribution < -0.4 is 24.8 Å². The number of isothiocyanates is 1. The van der Waals surface area contributed by atoms with Crippen molar-refractivity contribution < 1.29 is 45.4 Å². The zero-order valence-corrected chi connectivity index (χ0v) is 33.1. The number of thiocarbonyl (C=S) groups is 1. The Bertz CT molecular complexity index is 2180. The summed E-state index contributed by atoms with van der Waals surface area (Å²) in [6, 6.07) is 20.8. The van der Waals surface area contributed by atoms with Crippen molar-refractivity contribution >= 4 is 83.1 Å². The second-order valence-corrected chi connectivity index (χ2v) is 16.5. The first-order chi connectivity index (χ1) is 26.4. The fraction of sp³-hybridized carbons (Fsp3) is 0.306. The number of anilines is 2. The maximum atomic E-state index is 14.2. The summed E-state index contributed by atoms with van der Waals surface area (Å²) in [6.07, 6.45) is 0. The van der Waals surface area contributed by atoms with E-state index in [1.165, 1.54) is 67.4 Å². The molecule has 0 fully saturated rings. The lowest BCUT2D eigenvalue weighted by Gasteiger charge is -2.28. The number of sulfonamides is 2. The molecular weight excluding hydrogens is 791 g/mol. The van der Waals surface area contributed by atoms with Gasteiger partial charge in [-0.05, 0) is 72.9 Å². The number of methoxy groups -OCH3 is 1. The maximum Gasteiger partial charge on any atom is 0.264 e. The molecule has 2 amide bonds. The molecule has 15 nitrogen and oxygen atoms in total. The van der Waals surface area contributed by atoms with Crippen molar-refractivity contribution in [2.75, 3.05) is 80.7 Å². The lowest BCUT2D eigenvalue weighted by atomic mass is 10.1. The van der Waals surface area contributed by atoms with Gasteiger partial charge in [-0.25, -0.2) is 21.8 Å². The van der Waals surface area contributed by atoms with E-state index in [0.717, 1.165) is 13.5 Å². The Morgan fingerprint density at radius 3 is 1.60 bits per heavy atom. The first-order valence-corrected chi connectivity index (χ1v) is 20.9. The molecule has 0 unspecified atom stereocenters. The Kier molecular flexibility index (Phi) is 16.4. The summed E-state index contributed by atoms with van der Waals surface area (Å²) in [6.45, 7) is 1.61. The summed E-state index contributed by atoms with van der Waals surface area (Å²) in [5.41, 5.74) is 11.2. The molecule has 55 heavy (non-hydrogen) atoms. The van der Waals surface area contributed by atoms with Crippen molar-refractivity contribution in [1.29, 1.82) is 0 Å². The van der Waals surface area contributed by atoms with Crippen LogP contribution >= 0.6 is 24.0 Å². The van der Waals surface area contributed by atoms with Crippen LogP contribution in [-0.4, -0.2) is 106 Å². The van der Waals surface area contributed by atoms with Crippen LogP contribution in [0.15, 0.2) is 105 Å². The smallest absolute Gasteiger partial charge is 0.264 e. The number of carbonyl (C=O) groups is 2. The number of primary amides is 2. The number of hydrogen-bond acceptors (Lipinski definition) is 13. The van der Waals surface area contributed by atoms with E-state index in [-0.39, 0.29) is 31.9 Å². The first-order valence-electron chi connectivity index (χ1n) is 16.7. The molecule has 0 atom stereocenters. The predicted molar refractivity (Wildman–Crippen MR) is 214 cm³/mol. The molecule has 0 bridgehead atoms. The van der Waals surface area contributed by atoms with Gasteiger partial charge in [0.25, 0.3) is 20.0 Å². The third-order valence-electron chi connectivity index (χ3n) is 7.73. The highest BCUT2D eigenvalue weighted by atomic mass is 32.2. The third-order valence-corrected chi connectivity index (χ3v) is 12.4. The van der Waals surface area contributed by atoms with Gasteiger partial charge < -0.3 is 30.4 Å². The minimum absolute atomic E-state index is 0.0539. The standard InChI is InChI=1S/C36H41N5O10S4/c1-48-27-6-10-29(11-7-27)54(44,45)40(24-35(37)42)33-14-15-34(32-5-3-2-4-31(32)33)41(25-36(38)43)55(46,47)30-12-8-28(9-13-30)53-23-22-51-21-20-50-19-18-49-17-16-39-26-52/h2-15H,16-25H2,1H3,(H2,37,42)(H2,38,43). The van der Waals surface area contributed by atoms with Gasteiger partial charge in [-0.2, -0.15) is 0 Å². The van der Waals surface area contributed by atoms with Crippen LogP contribution in [0.3, 0.4) is 0 Å². The fourth-order valence-electron chi connectivity index (χ4n) is 5.21. The maximum absolute atomic E-state index is 14.2. The normalized spacial score (nSPS) is 11.5. The molecule has 4 N–H and O–H groups in total. The molecule has 0 aromatic heterocycles. The molecule has 0 aliphatic heterocycles. The predicted octanol–water partition coefficient (Wildman–Crippen LogP) is 3.45. The lowest BCUT2D eigenvalue weighted by molar-refractivity contribution is -0.117. The number of carbonyl (C=O) groups excluding carboxylic acids is 2. The summed E-state index contributed by atoms with van der Waals surface area (Å²) in [5, 5.41) is 2.80. The highest BCUT2D eigenvalue weighted by Gasteiger charge is 2.32. The molecule has 294 valence electrons. The van der Waals surface area contributed by atoms with E-state index in [9.17, 15) is 26.4 Å². The minimum Gasteiger partial charge on any atom is -0.497 e. The van der Waals surface area contributed by atoms with Crippen LogP contribution in [0.5, 0.6) is 5.75 Å². The van der Waals surface area contributed by atoms with Gasteiger partial charge in [0, 0.05) is 21.4 Å². The highest BCUT2D eigenvalue weighted by Crippen LogP contribution is 2.38. The summed E-state index contributed by atoms with van der Waals surface area (Å²) < 4.78 is 79.4. The van der Waals surface area contributed by atoms with Crippen molar-refractivity contribution in [2.24, 2.45) is 16.5 Å². The van der Waals surface area contributed by atoms with Crippen LogP contribution in [0, 0.1) is 0 Å². The van der Waals surface area contributed by atoms with E-state index < -0.39 is 45.0 Å². The zero-order chi connectivity index (χ0) is 39.8. The number of ether oxygens (including phenoxy) is 4. The number of aliphatic imine (C=N–C) groups is 1. The molecule has 4 aromatic rings. The largest absolute Gasteiger partial charge is 0.497 e. The molecule has 0 aliphatic carbocycles. The van der Waals surface area contributed by atoms with Crippen molar-refractivity contribution in [3.8, 4) is 5.75 Å². The van der Waals surface area contributed by atoms with Gasteiger partial charge in [0.05, 0.1) is 79.6 Å². The number of nitrogens with two attached hydrogens (primary N) is 2. The van der Waals surface area contributed by atoms with Crippen molar-refractivity contribution in [3.63, 3.8) is 0 Å². The monoisotopic (exact) mass is 831 g/mol. The van der Waals surface area contributed by atoms with Gasteiger partial charge in [-0.3, -0.25) is 18.2 Å². The van der Waals surface area contributed by atoms with Gasteiger partial charge in [0.15, 0.2) is 0 Å². The van der Waals surface area contributed by atoms with Gasteiger partial charge in [-0.15, -0.1) is 11.8 Å². The fourth-order valence-corrected chi connectivity index (χ4v) is 8.97. The Balaban J connectivity index is 1.51. The highest BCUT2D eigenvalue weighted by molar-refractivity contribution is 7.99.